The third-order valence-electron chi connectivity index (χ3n) is 5.33. The second-order valence-corrected chi connectivity index (χ2v) is 7.08. The number of nitrogens with zero attached hydrogens (tertiary/aromatic N) is 3. The lowest BCUT2D eigenvalue weighted by molar-refractivity contribution is -0.134. The third kappa shape index (κ3) is 3.25. The molecule has 7 nitrogen and oxygen atoms in total. The predicted octanol–water partition coefficient (Wildman–Crippen LogP) is 1.32. The number of fused-ring (bicyclic) bond motifs is 2. The second-order valence-electron chi connectivity index (χ2n) is 7.08. The van der Waals surface area contributed by atoms with Gasteiger partial charge in [0.05, 0.1) is 19.6 Å². The normalized spacial score (nSPS) is 19.2. The molecule has 0 aliphatic carbocycles. The molecular formula is C21H22N4O3. The summed E-state index contributed by atoms with van der Waals surface area (Å²) in [5.74, 6) is -0.513. The van der Waals surface area contributed by atoms with Crippen molar-refractivity contribution in [1.29, 1.82) is 0 Å². The number of nitrogens with two attached hydrogens (primary N) is 1. The van der Waals surface area contributed by atoms with Crippen LogP contribution in [0.25, 0.3) is 0 Å². The van der Waals surface area contributed by atoms with E-state index in [-0.39, 0.29) is 37.5 Å². The molecule has 2 aliphatic heterocycles. The van der Waals surface area contributed by atoms with Crippen molar-refractivity contribution >= 4 is 17.8 Å². The van der Waals surface area contributed by atoms with Crippen LogP contribution < -0.4 is 5.73 Å². The van der Waals surface area contributed by atoms with Crippen molar-refractivity contribution < 1.29 is 14.4 Å². The molecule has 0 aromatic heterocycles. The largest absolute Gasteiger partial charge is 0.335 e. The Morgan fingerprint density at radius 3 is 2.29 bits per heavy atom. The average molecular weight is 378 g/mol. The molecule has 0 saturated carbocycles. The molecule has 7 heteroatoms. The number of urea groups is 1. The first kappa shape index (κ1) is 18.2. The van der Waals surface area contributed by atoms with Crippen molar-refractivity contribution in [3.05, 3.63) is 71.3 Å². The summed E-state index contributed by atoms with van der Waals surface area (Å²) in [6, 6.07) is 16.1. The Kier molecular flexibility index (Phi) is 4.83. The van der Waals surface area contributed by atoms with Crippen molar-refractivity contribution in [2.45, 2.75) is 25.7 Å². The zero-order valence-corrected chi connectivity index (χ0v) is 15.5. The highest BCUT2D eigenvalue weighted by molar-refractivity contribution is 6.04. The molecule has 2 aromatic carbocycles. The van der Waals surface area contributed by atoms with Crippen LogP contribution in [0.3, 0.4) is 0 Å². The second kappa shape index (κ2) is 7.44. The van der Waals surface area contributed by atoms with Crippen LogP contribution in [-0.2, 0) is 29.2 Å². The Bertz CT molecular complexity index is 915. The lowest BCUT2D eigenvalue weighted by Crippen LogP contribution is -2.49. The molecule has 0 spiro atoms. The van der Waals surface area contributed by atoms with Crippen molar-refractivity contribution in [2.75, 3.05) is 13.1 Å². The topological polar surface area (TPSA) is 87.0 Å². The molecule has 2 heterocycles. The highest BCUT2D eigenvalue weighted by Crippen LogP contribution is 2.27. The summed E-state index contributed by atoms with van der Waals surface area (Å²) in [5, 5.41) is 0. The smallest absolute Gasteiger partial charge is 0.328 e. The maximum atomic E-state index is 13.1. The van der Waals surface area contributed by atoms with Crippen molar-refractivity contribution in [1.82, 2.24) is 14.7 Å². The number of carbonyl (C=O) groups is 3. The van der Waals surface area contributed by atoms with Crippen LogP contribution in [0.15, 0.2) is 54.6 Å². The van der Waals surface area contributed by atoms with Crippen molar-refractivity contribution in [2.24, 2.45) is 5.73 Å². The van der Waals surface area contributed by atoms with Crippen LogP contribution in [0.4, 0.5) is 4.79 Å². The molecular weight excluding hydrogens is 356 g/mol. The Labute approximate surface area is 163 Å². The summed E-state index contributed by atoms with van der Waals surface area (Å²) >= 11 is 0. The van der Waals surface area contributed by atoms with Gasteiger partial charge in [-0.15, -0.1) is 0 Å². The minimum atomic E-state index is -0.694. The van der Waals surface area contributed by atoms with E-state index in [2.05, 4.69) is 0 Å². The van der Waals surface area contributed by atoms with Gasteiger partial charge >= 0.3 is 6.03 Å². The minimum absolute atomic E-state index is 0.134. The molecule has 2 aromatic rings. The quantitative estimate of drug-likeness (QED) is 0.816. The third-order valence-corrected chi connectivity index (χ3v) is 5.33. The first-order valence-corrected chi connectivity index (χ1v) is 9.29. The van der Waals surface area contributed by atoms with Gasteiger partial charge in [-0.05, 0) is 16.7 Å². The molecule has 28 heavy (non-hydrogen) atoms. The van der Waals surface area contributed by atoms with Crippen molar-refractivity contribution in [3.63, 3.8) is 0 Å². The monoisotopic (exact) mass is 378 g/mol. The molecule has 1 fully saturated rings. The van der Waals surface area contributed by atoms with E-state index in [1.165, 1.54) is 4.90 Å². The molecule has 2 aliphatic rings. The van der Waals surface area contributed by atoms with E-state index in [4.69, 9.17) is 5.73 Å². The summed E-state index contributed by atoms with van der Waals surface area (Å²) < 4.78 is 0. The van der Waals surface area contributed by atoms with E-state index < -0.39 is 6.04 Å². The molecule has 4 amide bonds. The number of hydrogen-bond acceptors (Lipinski definition) is 4. The fraction of sp³-hybridized carbons (Fsp3) is 0.286. The zero-order valence-electron chi connectivity index (χ0n) is 15.5. The van der Waals surface area contributed by atoms with Gasteiger partial charge in [-0.25, -0.2) is 4.79 Å². The van der Waals surface area contributed by atoms with Crippen LogP contribution in [0.1, 0.15) is 16.7 Å². The summed E-state index contributed by atoms with van der Waals surface area (Å²) in [6.07, 6.45) is 0. The minimum Gasteiger partial charge on any atom is -0.335 e. The highest BCUT2D eigenvalue weighted by Gasteiger charge is 2.46. The average Bonchev–Trinajstić information content (AvgIpc) is 2.91. The summed E-state index contributed by atoms with van der Waals surface area (Å²) in [5.41, 5.74) is 8.36. The number of benzene rings is 2. The molecule has 1 saturated heterocycles. The molecule has 1 atom stereocenters. The molecule has 2 N–H and O–H groups in total. The predicted molar refractivity (Wildman–Crippen MR) is 103 cm³/mol. The maximum absolute atomic E-state index is 13.1. The number of rotatable bonds is 3. The Hall–Kier alpha value is -3.19. The summed E-state index contributed by atoms with van der Waals surface area (Å²) in [7, 11) is 0. The molecule has 144 valence electrons. The molecule has 4 rings (SSSR count). The van der Waals surface area contributed by atoms with Crippen LogP contribution in [0.2, 0.25) is 0 Å². The van der Waals surface area contributed by atoms with Gasteiger partial charge in [-0.1, -0.05) is 54.6 Å². The van der Waals surface area contributed by atoms with E-state index in [0.717, 1.165) is 16.7 Å². The van der Waals surface area contributed by atoms with Gasteiger partial charge < -0.3 is 15.5 Å². The Morgan fingerprint density at radius 1 is 0.964 bits per heavy atom. The fourth-order valence-electron chi connectivity index (χ4n) is 3.81. The standard InChI is InChI=1S/C21H22N4O3/c22-10-19(26)23-12-16-8-4-5-9-17(16)13-24-18(14-23)20(27)25(21(24)28)11-15-6-2-1-3-7-15/h1-9,18H,10-14,22H2. The fourth-order valence-corrected chi connectivity index (χ4v) is 3.81. The number of carbonyl (C=O) groups excluding carboxylic acids is 3. The van der Waals surface area contributed by atoms with E-state index in [9.17, 15) is 14.4 Å². The van der Waals surface area contributed by atoms with Gasteiger partial charge in [-0.2, -0.15) is 0 Å². The maximum Gasteiger partial charge on any atom is 0.328 e. The zero-order chi connectivity index (χ0) is 19.7. The number of imide groups is 1. The van der Waals surface area contributed by atoms with E-state index in [1.54, 1.807) is 9.80 Å². The highest BCUT2D eigenvalue weighted by atomic mass is 16.2. The SMILES string of the molecule is NCC(=O)N1Cc2ccccc2CN2C(=O)N(Cc3ccccc3)C(=O)C2C1. The summed E-state index contributed by atoms with van der Waals surface area (Å²) in [4.78, 5) is 42.9. The van der Waals surface area contributed by atoms with Crippen LogP contribution in [-0.4, -0.2) is 51.7 Å². The first-order chi connectivity index (χ1) is 13.6. The lowest BCUT2D eigenvalue weighted by Gasteiger charge is -2.32. The Balaban J connectivity index is 1.68. The van der Waals surface area contributed by atoms with E-state index >= 15 is 0 Å². The van der Waals surface area contributed by atoms with Gasteiger partial charge in [0.15, 0.2) is 0 Å². The lowest BCUT2D eigenvalue weighted by atomic mass is 10.0. The first-order valence-electron chi connectivity index (χ1n) is 9.29. The molecule has 1 unspecified atom stereocenters. The summed E-state index contributed by atoms with van der Waals surface area (Å²) in [6.45, 7) is 0.973. The Morgan fingerprint density at radius 2 is 1.61 bits per heavy atom. The van der Waals surface area contributed by atoms with Gasteiger partial charge in [0.1, 0.15) is 6.04 Å². The van der Waals surface area contributed by atoms with Gasteiger partial charge in [-0.3, -0.25) is 14.5 Å². The number of hydrogen-bond donors (Lipinski definition) is 1. The van der Waals surface area contributed by atoms with E-state index in [0.29, 0.717) is 13.1 Å². The van der Waals surface area contributed by atoms with Crippen LogP contribution >= 0.6 is 0 Å². The molecule has 0 bridgehead atoms. The molecule has 0 radical (unpaired) electrons. The van der Waals surface area contributed by atoms with Gasteiger partial charge in [0.2, 0.25) is 5.91 Å². The van der Waals surface area contributed by atoms with Crippen LogP contribution in [0, 0.1) is 0 Å². The van der Waals surface area contributed by atoms with Gasteiger partial charge in [0, 0.05) is 13.1 Å². The van der Waals surface area contributed by atoms with E-state index in [1.807, 2.05) is 54.6 Å². The van der Waals surface area contributed by atoms with Crippen LogP contribution in [0.5, 0.6) is 0 Å². The van der Waals surface area contributed by atoms with Gasteiger partial charge in [0.25, 0.3) is 5.91 Å². The number of amides is 4. The van der Waals surface area contributed by atoms with Crippen molar-refractivity contribution in [3.8, 4) is 0 Å².